The molecule has 0 aliphatic heterocycles. The highest BCUT2D eigenvalue weighted by Gasteiger charge is 2.15. The molecule has 4 heterocycles. The maximum absolute atomic E-state index is 6.21. The van der Waals surface area contributed by atoms with E-state index in [4.69, 9.17) is 69.3 Å². The molecule has 0 saturated carbocycles. The number of nitrogens with zero attached hydrogens (tertiary/aromatic N) is 4. The molecule has 6 rings (SSSR count). The molecule has 4 aromatic heterocycles. The number of aromatic nitrogens is 4. The SMILES string of the molecule is Nc1cc2nc(N)c(-c3c(Cl)cccc3Cl)cc2cn1.Nc1cc2nc(N)c(-c3c(Cl)cccc3Cl)cc2cn1. The molecule has 200 valence electrons. The Kier molecular flexibility index (Phi) is 7.69. The van der Waals surface area contributed by atoms with Gasteiger partial charge in [0.25, 0.3) is 0 Å². The smallest absolute Gasteiger partial charge is 0.132 e. The zero-order valence-electron chi connectivity index (χ0n) is 20.5. The number of nitrogens with two attached hydrogens (primary N) is 4. The summed E-state index contributed by atoms with van der Waals surface area (Å²) in [5.41, 5.74) is 27.4. The molecule has 0 saturated heterocycles. The Bertz CT molecular complexity index is 1730. The second-order valence-electron chi connectivity index (χ2n) is 8.64. The van der Waals surface area contributed by atoms with Crippen LogP contribution in [0.5, 0.6) is 0 Å². The molecule has 0 aliphatic rings. The Labute approximate surface area is 248 Å². The van der Waals surface area contributed by atoms with Crippen molar-refractivity contribution in [2.45, 2.75) is 0 Å². The van der Waals surface area contributed by atoms with Crippen molar-refractivity contribution in [1.29, 1.82) is 0 Å². The minimum Gasteiger partial charge on any atom is -0.384 e. The Hall–Kier alpha value is -4.08. The lowest BCUT2D eigenvalue weighted by molar-refractivity contribution is 1.33. The molecule has 0 amide bonds. The normalized spacial score (nSPS) is 10.9. The van der Waals surface area contributed by atoms with Crippen molar-refractivity contribution in [1.82, 2.24) is 19.9 Å². The van der Waals surface area contributed by atoms with Crippen molar-refractivity contribution >= 4 is 91.5 Å². The number of hydrogen-bond donors (Lipinski definition) is 4. The molecule has 0 radical (unpaired) electrons. The van der Waals surface area contributed by atoms with Crippen molar-refractivity contribution in [3.63, 3.8) is 0 Å². The quantitative estimate of drug-likeness (QED) is 0.157. The van der Waals surface area contributed by atoms with Gasteiger partial charge in [0.05, 0.1) is 31.1 Å². The molecule has 0 unspecified atom stereocenters. The van der Waals surface area contributed by atoms with Gasteiger partial charge in [-0.15, -0.1) is 0 Å². The third kappa shape index (κ3) is 5.48. The van der Waals surface area contributed by atoms with E-state index in [1.54, 1.807) is 60.9 Å². The summed E-state index contributed by atoms with van der Waals surface area (Å²) in [6.45, 7) is 0. The van der Waals surface area contributed by atoms with Gasteiger partial charge in [-0.1, -0.05) is 58.5 Å². The van der Waals surface area contributed by atoms with Crippen LogP contribution in [0.1, 0.15) is 0 Å². The fourth-order valence-corrected chi connectivity index (χ4v) is 5.31. The van der Waals surface area contributed by atoms with Gasteiger partial charge in [0, 0.05) is 57.6 Å². The van der Waals surface area contributed by atoms with Gasteiger partial charge in [-0.3, -0.25) is 0 Å². The van der Waals surface area contributed by atoms with Gasteiger partial charge in [0.1, 0.15) is 23.3 Å². The number of benzene rings is 2. The van der Waals surface area contributed by atoms with Gasteiger partial charge in [-0.25, -0.2) is 19.9 Å². The van der Waals surface area contributed by atoms with Gasteiger partial charge < -0.3 is 22.9 Å². The topological polar surface area (TPSA) is 156 Å². The van der Waals surface area contributed by atoms with E-state index in [0.717, 1.165) is 10.8 Å². The lowest BCUT2D eigenvalue weighted by atomic mass is 10.0. The van der Waals surface area contributed by atoms with E-state index in [-0.39, 0.29) is 0 Å². The molecule has 12 heteroatoms. The number of anilines is 4. The summed E-state index contributed by atoms with van der Waals surface area (Å²) in [4.78, 5) is 16.8. The van der Waals surface area contributed by atoms with Crippen molar-refractivity contribution < 1.29 is 0 Å². The zero-order chi connectivity index (χ0) is 28.6. The number of rotatable bonds is 2. The second-order valence-corrected chi connectivity index (χ2v) is 10.3. The first-order valence-corrected chi connectivity index (χ1v) is 13.2. The summed E-state index contributed by atoms with van der Waals surface area (Å²) in [5.74, 6) is 1.48. The maximum atomic E-state index is 6.21. The molecule has 0 bridgehead atoms. The highest BCUT2D eigenvalue weighted by Crippen LogP contribution is 2.39. The van der Waals surface area contributed by atoms with E-state index in [9.17, 15) is 0 Å². The predicted octanol–water partition coefficient (Wildman–Crippen LogP) is 7.54. The average Bonchev–Trinajstić information content (AvgIpc) is 2.89. The third-order valence-electron chi connectivity index (χ3n) is 5.96. The van der Waals surface area contributed by atoms with E-state index >= 15 is 0 Å². The molecule has 0 fully saturated rings. The summed E-state index contributed by atoms with van der Waals surface area (Å²) < 4.78 is 0. The molecule has 6 aromatic rings. The summed E-state index contributed by atoms with van der Waals surface area (Å²) in [7, 11) is 0. The minimum atomic E-state index is 0.345. The van der Waals surface area contributed by atoms with E-state index in [0.29, 0.717) is 76.6 Å². The monoisotopic (exact) mass is 608 g/mol. The molecule has 8 nitrogen and oxygen atoms in total. The maximum Gasteiger partial charge on any atom is 0.132 e. The fourth-order valence-electron chi connectivity index (χ4n) is 4.11. The Morgan fingerprint density at radius 3 is 1.20 bits per heavy atom. The molecule has 0 spiro atoms. The largest absolute Gasteiger partial charge is 0.384 e. The van der Waals surface area contributed by atoms with Gasteiger partial charge in [-0.05, 0) is 36.4 Å². The molecule has 0 aliphatic carbocycles. The molecule has 0 atom stereocenters. The summed E-state index contributed by atoms with van der Waals surface area (Å²) >= 11 is 24.8. The van der Waals surface area contributed by atoms with Gasteiger partial charge in [-0.2, -0.15) is 0 Å². The first-order valence-electron chi connectivity index (χ1n) is 11.6. The van der Waals surface area contributed by atoms with Crippen LogP contribution < -0.4 is 22.9 Å². The van der Waals surface area contributed by atoms with Crippen molar-refractivity contribution in [2.75, 3.05) is 22.9 Å². The van der Waals surface area contributed by atoms with Crippen molar-refractivity contribution in [2.24, 2.45) is 0 Å². The highest BCUT2D eigenvalue weighted by molar-refractivity contribution is 6.40. The minimum absolute atomic E-state index is 0.345. The summed E-state index contributed by atoms with van der Waals surface area (Å²) in [6.07, 6.45) is 3.29. The first kappa shape index (κ1) is 27.5. The highest BCUT2D eigenvalue weighted by atomic mass is 35.5. The second kappa shape index (κ2) is 11.2. The summed E-state index contributed by atoms with van der Waals surface area (Å²) in [6, 6.07) is 17.6. The van der Waals surface area contributed by atoms with Crippen molar-refractivity contribution in [3.8, 4) is 22.3 Å². The standard InChI is InChI=1S/2C14H10Cl2N4/c2*15-9-2-1-3-10(16)13(9)8-4-7-6-19-12(17)5-11(7)20-14(8)18/h2*1-6H,(H2,17,19)(H2,18,20). The van der Waals surface area contributed by atoms with Crippen LogP contribution in [0.4, 0.5) is 23.3 Å². The van der Waals surface area contributed by atoms with Crippen LogP contribution in [-0.4, -0.2) is 19.9 Å². The zero-order valence-corrected chi connectivity index (χ0v) is 23.6. The van der Waals surface area contributed by atoms with E-state index in [2.05, 4.69) is 19.9 Å². The van der Waals surface area contributed by atoms with E-state index in [1.807, 2.05) is 12.1 Å². The fraction of sp³-hybridized carbons (Fsp3) is 0. The van der Waals surface area contributed by atoms with Crippen LogP contribution in [0.2, 0.25) is 20.1 Å². The molecule has 40 heavy (non-hydrogen) atoms. The lowest BCUT2D eigenvalue weighted by Gasteiger charge is -2.11. The molecule has 2 aromatic carbocycles. The summed E-state index contributed by atoms with van der Waals surface area (Å²) in [5, 5.41) is 3.73. The van der Waals surface area contributed by atoms with Crippen LogP contribution in [-0.2, 0) is 0 Å². The Balaban J connectivity index is 0.000000161. The van der Waals surface area contributed by atoms with Crippen molar-refractivity contribution in [3.05, 3.63) is 93.1 Å². The lowest BCUT2D eigenvalue weighted by Crippen LogP contribution is -1.97. The van der Waals surface area contributed by atoms with Gasteiger partial charge in [0.2, 0.25) is 0 Å². The first-order chi connectivity index (χ1) is 19.1. The van der Waals surface area contributed by atoms with Crippen LogP contribution >= 0.6 is 46.4 Å². The van der Waals surface area contributed by atoms with Gasteiger partial charge in [0.15, 0.2) is 0 Å². The van der Waals surface area contributed by atoms with Gasteiger partial charge >= 0.3 is 0 Å². The number of hydrogen-bond acceptors (Lipinski definition) is 8. The number of fused-ring (bicyclic) bond motifs is 2. The predicted molar refractivity (Wildman–Crippen MR) is 168 cm³/mol. The number of halogens is 4. The number of pyridine rings is 4. The van der Waals surface area contributed by atoms with E-state index < -0.39 is 0 Å². The number of nitrogen functional groups attached to an aromatic ring is 4. The van der Waals surface area contributed by atoms with Crippen LogP contribution in [0, 0.1) is 0 Å². The van der Waals surface area contributed by atoms with Crippen LogP contribution in [0.15, 0.2) is 73.1 Å². The van der Waals surface area contributed by atoms with E-state index in [1.165, 1.54) is 0 Å². The third-order valence-corrected chi connectivity index (χ3v) is 7.22. The molecule has 8 N–H and O–H groups in total. The van der Waals surface area contributed by atoms with Crippen LogP contribution in [0.25, 0.3) is 44.1 Å². The molecular formula is C28H20Cl4N8. The average molecular weight is 610 g/mol. The Morgan fingerprint density at radius 1 is 0.500 bits per heavy atom. The Morgan fingerprint density at radius 2 is 0.850 bits per heavy atom. The molecular weight excluding hydrogens is 590 g/mol. The van der Waals surface area contributed by atoms with Crippen LogP contribution in [0.3, 0.4) is 0 Å².